The lowest BCUT2D eigenvalue weighted by Crippen LogP contribution is -2.28. The summed E-state index contributed by atoms with van der Waals surface area (Å²) in [5.74, 6) is -1.16. The predicted molar refractivity (Wildman–Crippen MR) is 130 cm³/mol. The van der Waals surface area contributed by atoms with E-state index < -0.39 is 33.7 Å². The fraction of sp³-hybridized carbons (Fsp3) is 0.542. The lowest BCUT2D eigenvalue weighted by Gasteiger charge is -2.19. The highest BCUT2D eigenvalue weighted by Crippen LogP contribution is 2.23. The maximum atomic E-state index is 12.6. The molecule has 0 aliphatic carbocycles. The molecule has 0 aliphatic heterocycles. The summed E-state index contributed by atoms with van der Waals surface area (Å²) in [4.78, 5) is 36.1. The molecule has 0 spiro atoms. The molecule has 0 fully saturated rings. The monoisotopic (exact) mass is 510 g/mol. The second-order valence-electron chi connectivity index (χ2n) is 9.32. The summed E-state index contributed by atoms with van der Waals surface area (Å²) < 4.78 is 39.2. The number of aromatic nitrogens is 1. The Kier molecular flexibility index (Phi) is 9.84. The normalized spacial score (nSPS) is 12.8. The van der Waals surface area contributed by atoms with Crippen LogP contribution in [0.3, 0.4) is 0 Å². The fourth-order valence-electron chi connectivity index (χ4n) is 3.34. The van der Waals surface area contributed by atoms with Crippen molar-refractivity contribution in [3.63, 3.8) is 0 Å². The summed E-state index contributed by atoms with van der Waals surface area (Å²) in [5.41, 5.74) is 0.985. The average molecular weight is 511 g/mol. The highest BCUT2D eigenvalue weighted by atomic mass is 32.2. The molecule has 0 bridgehead atoms. The molecule has 35 heavy (non-hydrogen) atoms. The van der Waals surface area contributed by atoms with Crippen molar-refractivity contribution in [2.75, 3.05) is 26.0 Å². The van der Waals surface area contributed by atoms with Crippen LogP contribution < -0.4 is 5.32 Å². The molecule has 2 aromatic rings. The van der Waals surface area contributed by atoms with E-state index in [1.165, 1.54) is 11.5 Å². The smallest absolute Gasteiger partial charge is 0.419 e. The molecule has 0 radical (unpaired) electrons. The lowest BCUT2D eigenvalue weighted by molar-refractivity contribution is -0.142. The molecule has 194 valence electrons. The first-order valence-corrected chi connectivity index (χ1v) is 13.1. The number of amides is 1. The van der Waals surface area contributed by atoms with Gasteiger partial charge in [0.25, 0.3) is 10.1 Å². The zero-order valence-electron chi connectivity index (χ0n) is 20.8. The molecule has 0 unspecified atom stereocenters. The maximum absolute atomic E-state index is 12.6. The second kappa shape index (κ2) is 12.2. The Morgan fingerprint density at radius 3 is 2.43 bits per heavy atom. The molecule has 1 heterocycles. The number of carbonyl (C=O) groups excluding carboxylic acids is 3. The van der Waals surface area contributed by atoms with Crippen LogP contribution in [0.4, 0.5) is 4.79 Å². The van der Waals surface area contributed by atoms with Crippen molar-refractivity contribution in [2.24, 2.45) is 5.92 Å². The van der Waals surface area contributed by atoms with Crippen LogP contribution in [0.5, 0.6) is 0 Å². The third-order valence-electron chi connectivity index (χ3n) is 4.92. The number of hydrogen-bond donors (Lipinski definition) is 1. The van der Waals surface area contributed by atoms with Crippen LogP contribution in [0.2, 0.25) is 0 Å². The first kappa shape index (κ1) is 28.3. The van der Waals surface area contributed by atoms with Crippen LogP contribution in [-0.4, -0.2) is 62.6 Å². The zero-order chi connectivity index (χ0) is 26.2. The predicted octanol–water partition coefficient (Wildman–Crippen LogP) is 3.02. The molecule has 1 amide bonds. The maximum Gasteiger partial charge on any atom is 0.419 e. The summed E-state index contributed by atoms with van der Waals surface area (Å²) >= 11 is 0. The third-order valence-corrected chi connectivity index (χ3v) is 5.49. The summed E-state index contributed by atoms with van der Waals surface area (Å²) in [6.07, 6.45) is 3.07. The Balaban J connectivity index is 1.94. The van der Waals surface area contributed by atoms with E-state index in [1.54, 1.807) is 27.0 Å². The van der Waals surface area contributed by atoms with Gasteiger partial charge in [0.15, 0.2) is 0 Å². The third kappa shape index (κ3) is 10.1. The number of carbonyl (C=O) groups is 3. The van der Waals surface area contributed by atoms with Gasteiger partial charge in [-0.25, -0.2) is 4.79 Å². The number of fused-ring (bicyclic) bond motifs is 1. The van der Waals surface area contributed by atoms with Crippen LogP contribution in [0, 0.1) is 5.92 Å². The second-order valence-corrected chi connectivity index (χ2v) is 11.0. The number of rotatable bonds is 11. The van der Waals surface area contributed by atoms with Gasteiger partial charge in [0, 0.05) is 37.4 Å². The van der Waals surface area contributed by atoms with Crippen LogP contribution >= 0.6 is 0 Å². The molecular weight excluding hydrogens is 476 g/mol. The van der Waals surface area contributed by atoms with Crippen molar-refractivity contribution in [1.82, 2.24) is 9.88 Å². The van der Waals surface area contributed by atoms with Gasteiger partial charge in [0.1, 0.15) is 5.60 Å². The summed E-state index contributed by atoms with van der Waals surface area (Å²) in [6, 6.07) is 7.47. The number of para-hydroxylation sites is 1. The summed E-state index contributed by atoms with van der Waals surface area (Å²) in [5, 5.41) is 3.73. The number of nitrogens with one attached hydrogen (secondary N) is 1. The molecule has 1 aromatic heterocycles. The van der Waals surface area contributed by atoms with Gasteiger partial charge < -0.3 is 14.8 Å². The van der Waals surface area contributed by atoms with E-state index in [-0.39, 0.29) is 32.0 Å². The number of ether oxygens (including phenoxy) is 2. The van der Waals surface area contributed by atoms with Gasteiger partial charge in [0.2, 0.25) is 5.91 Å². The Hall–Kier alpha value is -2.92. The van der Waals surface area contributed by atoms with Gasteiger partial charge in [-0.3, -0.25) is 18.3 Å². The van der Waals surface area contributed by atoms with E-state index in [4.69, 9.17) is 13.7 Å². The van der Waals surface area contributed by atoms with Crippen LogP contribution in [0.15, 0.2) is 30.5 Å². The first-order chi connectivity index (χ1) is 16.2. The Bertz CT molecular complexity index is 1150. The molecule has 10 nitrogen and oxygen atoms in total. The molecule has 0 saturated carbocycles. The molecule has 1 aromatic carbocycles. The van der Waals surface area contributed by atoms with Gasteiger partial charge in [-0.05, 0) is 45.2 Å². The number of benzene rings is 1. The number of nitrogens with zero attached hydrogens (tertiary/aromatic N) is 1. The fourth-order valence-corrected chi connectivity index (χ4v) is 3.78. The highest BCUT2D eigenvalue weighted by molar-refractivity contribution is 7.85. The molecular formula is C24H34N2O8S. The Labute approximate surface area is 206 Å². The van der Waals surface area contributed by atoms with Crippen LogP contribution in [-0.2, 0) is 39.8 Å². The summed E-state index contributed by atoms with van der Waals surface area (Å²) in [7, 11) is -3.65. The van der Waals surface area contributed by atoms with Crippen molar-refractivity contribution in [3.05, 3.63) is 36.0 Å². The quantitative estimate of drug-likeness (QED) is 0.361. The molecule has 1 atom stereocenters. The van der Waals surface area contributed by atoms with Gasteiger partial charge in [-0.2, -0.15) is 8.42 Å². The Morgan fingerprint density at radius 2 is 1.80 bits per heavy atom. The largest absolute Gasteiger partial charge is 0.465 e. The summed E-state index contributed by atoms with van der Waals surface area (Å²) in [6.45, 7) is 6.79. The molecule has 0 saturated heterocycles. The SMILES string of the molecule is CC(=O)OC[C@H](CCC(=O)NCCc1cn(C(=O)OC(C)(C)C)c2ccccc12)COS(C)(=O)=O. The van der Waals surface area contributed by atoms with E-state index in [0.29, 0.717) is 13.0 Å². The van der Waals surface area contributed by atoms with Gasteiger partial charge in [-0.15, -0.1) is 0 Å². The van der Waals surface area contributed by atoms with Crippen LogP contribution in [0.25, 0.3) is 10.9 Å². The minimum atomic E-state index is -3.65. The standard InChI is InChI=1S/C24H34N2O8S/c1-17(27)32-15-18(16-33-35(5,30)31)10-11-22(28)25-13-12-19-14-26(23(29)34-24(2,3)4)21-9-7-6-8-20(19)21/h6-9,14,18H,10-13,15-16H2,1-5H3,(H,25,28)/t18-/m0/s1. The van der Waals surface area contributed by atoms with E-state index in [1.807, 2.05) is 24.3 Å². The van der Waals surface area contributed by atoms with Crippen molar-refractivity contribution >= 4 is 39.0 Å². The van der Waals surface area contributed by atoms with Gasteiger partial charge in [-0.1, -0.05) is 18.2 Å². The average Bonchev–Trinajstić information content (AvgIpc) is 3.10. The molecule has 11 heteroatoms. The van der Waals surface area contributed by atoms with Crippen LogP contribution in [0.1, 0.15) is 46.1 Å². The lowest BCUT2D eigenvalue weighted by atomic mass is 10.1. The molecule has 1 N–H and O–H groups in total. The Morgan fingerprint density at radius 1 is 1.11 bits per heavy atom. The van der Waals surface area contributed by atoms with E-state index in [0.717, 1.165) is 22.7 Å². The van der Waals surface area contributed by atoms with Gasteiger partial charge >= 0.3 is 12.1 Å². The topological polar surface area (TPSA) is 130 Å². The molecule has 0 aliphatic rings. The highest BCUT2D eigenvalue weighted by Gasteiger charge is 2.21. The van der Waals surface area contributed by atoms with Crippen molar-refractivity contribution in [2.45, 2.75) is 52.6 Å². The number of esters is 1. The van der Waals surface area contributed by atoms with Crippen molar-refractivity contribution in [3.8, 4) is 0 Å². The van der Waals surface area contributed by atoms with E-state index in [9.17, 15) is 22.8 Å². The van der Waals surface area contributed by atoms with E-state index >= 15 is 0 Å². The number of hydrogen-bond acceptors (Lipinski definition) is 8. The molecule has 2 rings (SSSR count). The minimum absolute atomic E-state index is 0.0394. The zero-order valence-corrected chi connectivity index (χ0v) is 21.6. The minimum Gasteiger partial charge on any atom is -0.465 e. The van der Waals surface area contributed by atoms with Crippen molar-refractivity contribution < 1.29 is 36.5 Å². The first-order valence-electron chi connectivity index (χ1n) is 11.3. The van der Waals surface area contributed by atoms with Gasteiger partial charge in [0.05, 0.1) is 25.0 Å². The van der Waals surface area contributed by atoms with E-state index in [2.05, 4.69) is 5.32 Å². The van der Waals surface area contributed by atoms with Crippen molar-refractivity contribution in [1.29, 1.82) is 0 Å².